The predicted molar refractivity (Wildman–Crippen MR) is 118 cm³/mol. The molecular weight excluding hydrogens is 418 g/mol. The van der Waals surface area contributed by atoms with Crippen LogP contribution in [0.15, 0.2) is 87.5 Å². The Morgan fingerprint density at radius 3 is 2.03 bits per heavy atom. The Morgan fingerprint density at radius 2 is 1.40 bits per heavy atom. The van der Waals surface area contributed by atoms with E-state index in [9.17, 15) is 16.8 Å². The number of sulfonamides is 1. The van der Waals surface area contributed by atoms with Gasteiger partial charge in [0.1, 0.15) is 0 Å². The van der Waals surface area contributed by atoms with E-state index in [2.05, 4.69) is 4.72 Å². The van der Waals surface area contributed by atoms with Crippen LogP contribution >= 0.6 is 0 Å². The molecule has 0 bridgehead atoms. The minimum Gasteiger partial charge on any atom is -0.219 e. The standard InChI is InChI=1S/C23H25NO4S2/c1-17-9-12-21(13-10-17)29(25,26)22-14-11-18(2)23(15-22)30(27,28)24-16-19(3)20-7-5-4-6-8-20/h4-15,19,24H,16H2,1-3H3/t19-/m0/s1. The molecule has 30 heavy (non-hydrogen) atoms. The summed E-state index contributed by atoms with van der Waals surface area (Å²) in [5.74, 6) is -0.0271. The van der Waals surface area contributed by atoms with E-state index in [1.165, 1.54) is 30.3 Å². The third kappa shape index (κ3) is 4.80. The summed E-state index contributed by atoms with van der Waals surface area (Å²) in [6.07, 6.45) is 0. The highest BCUT2D eigenvalue weighted by Crippen LogP contribution is 2.26. The first-order valence-corrected chi connectivity index (χ1v) is 12.5. The highest BCUT2D eigenvalue weighted by atomic mass is 32.2. The van der Waals surface area contributed by atoms with Gasteiger partial charge in [-0.15, -0.1) is 0 Å². The molecule has 0 fully saturated rings. The van der Waals surface area contributed by atoms with E-state index < -0.39 is 19.9 Å². The second kappa shape index (κ2) is 8.71. The molecule has 0 aromatic heterocycles. The second-order valence-electron chi connectivity index (χ2n) is 7.41. The van der Waals surface area contributed by atoms with Crippen LogP contribution in [0.1, 0.15) is 29.5 Å². The molecule has 0 saturated heterocycles. The quantitative estimate of drug-likeness (QED) is 0.593. The molecule has 0 radical (unpaired) electrons. The molecule has 158 valence electrons. The molecule has 1 atom stereocenters. The van der Waals surface area contributed by atoms with Crippen LogP contribution in [0.2, 0.25) is 0 Å². The van der Waals surface area contributed by atoms with Crippen molar-refractivity contribution in [2.75, 3.05) is 6.54 Å². The van der Waals surface area contributed by atoms with Crippen molar-refractivity contribution < 1.29 is 16.8 Å². The summed E-state index contributed by atoms with van der Waals surface area (Å²) in [7, 11) is -7.70. The maximum atomic E-state index is 13.0. The summed E-state index contributed by atoms with van der Waals surface area (Å²) >= 11 is 0. The Morgan fingerprint density at radius 1 is 0.800 bits per heavy atom. The molecule has 5 nitrogen and oxygen atoms in total. The van der Waals surface area contributed by atoms with Crippen molar-refractivity contribution in [3.8, 4) is 0 Å². The number of nitrogens with one attached hydrogen (secondary N) is 1. The van der Waals surface area contributed by atoms with Crippen LogP contribution < -0.4 is 4.72 Å². The molecule has 0 heterocycles. The summed E-state index contributed by atoms with van der Waals surface area (Å²) in [6, 6.07) is 20.3. The molecular formula is C23H25NO4S2. The molecule has 0 spiro atoms. The van der Waals surface area contributed by atoms with E-state index in [1.807, 2.05) is 44.2 Å². The number of hydrogen-bond donors (Lipinski definition) is 1. The fourth-order valence-corrected chi connectivity index (χ4v) is 5.86. The zero-order valence-corrected chi connectivity index (χ0v) is 18.8. The Labute approximate surface area is 178 Å². The third-order valence-electron chi connectivity index (χ3n) is 5.04. The SMILES string of the molecule is Cc1ccc(S(=O)(=O)c2ccc(C)c(S(=O)(=O)NC[C@H](C)c3ccccc3)c2)cc1. The molecule has 0 aliphatic rings. The predicted octanol–water partition coefficient (Wildman–Crippen LogP) is 4.22. The van der Waals surface area contributed by atoms with E-state index >= 15 is 0 Å². The summed E-state index contributed by atoms with van der Waals surface area (Å²) in [4.78, 5) is 0.0512. The van der Waals surface area contributed by atoms with E-state index in [0.717, 1.165) is 11.1 Å². The van der Waals surface area contributed by atoms with Crippen LogP contribution in [0.3, 0.4) is 0 Å². The maximum absolute atomic E-state index is 13.0. The van der Waals surface area contributed by atoms with Crippen molar-refractivity contribution in [3.63, 3.8) is 0 Å². The van der Waals surface area contributed by atoms with Gasteiger partial charge in [0.25, 0.3) is 0 Å². The lowest BCUT2D eigenvalue weighted by molar-refractivity contribution is 0.574. The molecule has 1 N–H and O–H groups in total. The fourth-order valence-electron chi connectivity index (χ4n) is 3.10. The van der Waals surface area contributed by atoms with Crippen molar-refractivity contribution in [3.05, 3.63) is 89.5 Å². The van der Waals surface area contributed by atoms with Gasteiger partial charge in [-0.2, -0.15) is 0 Å². The van der Waals surface area contributed by atoms with Gasteiger partial charge < -0.3 is 0 Å². The number of sulfone groups is 1. The van der Waals surface area contributed by atoms with Crippen LogP contribution in [-0.2, 0) is 19.9 Å². The molecule has 3 aromatic carbocycles. The van der Waals surface area contributed by atoms with Crippen LogP contribution in [0.4, 0.5) is 0 Å². The third-order valence-corrected chi connectivity index (χ3v) is 8.37. The normalized spacial score (nSPS) is 13.2. The monoisotopic (exact) mass is 443 g/mol. The van der Waals surface area contributed by atoms with Crippen molar-refractivity contribution in [2.45, 2.75) is 41.4 Å². The van der Waals surface area contributed by atoms with Gasteiger partial charge in [-0.3, -0.25) is 0 Å². The lowest BCUT2D eigenvalue weighted by atomic mass is 10.0. The van der Waals surface area contributed by atoms with Crippen molar-refractivity contribution >= 4 is 19.9 Å². The fraction of sp³-hybridized carbons (Fsp3) is 0.217. The zero-order valence-electron chi connectivity index (χ0n) is 17.2. The highest BCUT2D eigenvalue weighted by Gasteiger charge is 2.23. The lowest BCUT2D eigenvalue weighted by Crippen LogP contribution is -2.28. The van der Waals surface area contributed by atoms with Crippen LogP contribution in [-0.4, -0.2) is 23.4 Å². The Balaban J connectivity index is 1.89. The number of hydrogen-bond acceptors (Lipinski definition) is 4. The molecule has 3 rings (SSSR count). The Hall–Kier alpha value is -2.48. The molecule has 0 saturated carbocycles. The minimum atomic E-state index is -3.88. The van der Waals surface area contributed by atoms with Crippen molar-refractivity contribution in [1.82, 2.24) is 4.72 Å². The van der Waals surface area contributed by atoms with E-state index in [0.29, 0.717) is 5.56 Å². The average molecular weight is 444 g/mol. The van der Waals surface area contributed by atoms with Gasteiger partial charge >= 0.3 is 0 Å². The molecule has 0 unspecified atom stereocenters. The Bertz CT molecular complexity index is 1230. The van der Waals surface area contributed by atoms with Crippen LogP contribution in [0.25, 0.3) is 0 Å². The topological polar surface area (TPSA) is 80.3 Å². The highest BCUT2D eigenvalue weighted by molar-refractivity contribution is 7.91. The first-order chi connectivity index (χ1) is 14.1. The zero-order chi connectivity index (χ0) is 21.9. The van der Waals surface area contributed by atoms with Crippen LogP contribution in [0.5, 0.6) is 0 Å². The molecule has 0 aliphatic carbocycles. The van der Waals surface area contributed by atoms with Gasteiger partial charge in [-0.25, -0.2) is 21.6 Å². The molecule has 0 aliphatic heterocycles. The van der Waals surface area contributed by atoms with Gasteiger partial charge in [0.05, 0.1) is 14.7 Å². The number of rotatable bonds is 7. The van der Waals surface area contributed by atoms with Crippen molar-refractivity contribution in [1.29, 1.82) is 0 Å². The Kier molecular flexibility index (Phi) is 6.45. The summed E-state index contributed by atoms with van der Waals surface area (Å²) in [6.45, 7) is 5.66. The van der Waals surface area contributed by atoms with Gasteiger partial charge in [-0.1, -0.05) is 61.0 Å². The van der Waals surface area contributed by atoms with E-state index in [-0.39, 0.29) is 27.1 Å². The van der Waals surface area contributed by atoms with Gasteiger partial charge in [0.2, 0.25) is 19.9 Å². The van der Waals surface area contributed by atoms with E-state index in [1.54, 1.807) is 19.1 Å². The molecule has 7 heteroatoms. The smallest absolute Gasteiger partial charge is 0.219 e. The number of aryl methyl sites for hydroxylation is 2. The first-order valence-electron chi connectivity index (χ1n) is 9.58. The number of benzene rings is 3. The van der Waals surface area contributed by atoms with Gasteiger partial charge in [0, 0.05) is 6.54 Å². The second-order valence-corrected chi connectivity index (χ2v) is 11.1. The van der Waals surface area contributed by atoms with Gasteiger partial charge in [0.15, 0.2) is 0 Å². The summed E-state index contributed by atoms with van der Waals surface area (Å²) in [5.41, 5.74) is 2.45. The average Bonchev–Trinajstić information content (AvgIpc) is 2.73. The lowest BCUT2D eigenvalue weighted by Gasteiger charge is -2.15. The molecule has 0 amide bonds. The summed E-state index contributed by atoms with van der Waals surface area (Å²) < 4.78 is 54.4. The largest absolute Gasteiger partial charge is 0.240 e. The summed E-state index contributed by atoms with van der Waals surface area (Å²) in [5, 5.41) is 0. The van der Waals surface area contributed by atoms with Crippen molar-refractivity contribution in [2.24, 2.45) is 0 Å². The van der Waals surface area contributed by atoms with Gasteiger partial charge in [-0.05, 0) is 55.2 Å². The minimum absolute atomic E-state index is 0.0271. The van der Waals surface area contributed by atoms with Crippen LogP contribution in [0, 0.1) is 13.8 Å². The maximum Gasteiger partial charge on any atom is 0.240 e. The molecule has 3 aromatic rings. The first kappa shape index (κ1) is 22.2. The van der Waals surface area contributed by atoms with E-state index in [4.69, 9.17) is 0 Å².